The van der Waals surface area contributed by atoms with Gasteiger partial charge < -0.3 is 11.5 Å². The van der Waals surface area contributed by atoms with Crippen LogP contribution in [0.25, 0.3) is 0 Å². The first kappa shape index (κ1) is 9.03. The molecule has 0 heterocycles. The van der Waals surface area contributed by atoms with Gasteiger partial charge in [0, 0.05) is 6.42 Å². The van der Waals surface area contributed by atoms with Crippen LogP contribution in [0.4, 0.5) is 0 Å². The van der Waals surface area contributed by atoms with Crippen molar-refractivity contribution < 1.29 is 4.79 Å². The van der Waals surface area contributed by atoms with Gasteiger partial charge in [0.05, 0.1) is 0 Å². The van der Waals surface area contributed by atoms with E-state index in [0.29, 0.717) is 12.3 Å². The molecule has 0 aromatic heterocycles. The molecule has 1 aliphatic rings. The summed E-state index contributed by atoms with van der Waals surface area (Å²) in [5.41, 5.74) is 10.1. The van der Waals surface area contributed by atoms with Gasteiger partial charge in [-0.15, -0.1) is 0 Å². The Morgan fingerprint density at radius 3 is 2.42 bits per heavy atom. The highest BCUT2D eigenvalue weighted by atomic mass is 16.1. The normalized spacial score (nSPS) is 17.7. The Morgan fingerprint density at radius 2 is 1.92 bits per heavy atom. The molecule has 0 atom stereocenters. The Kier molecular flexibility index (Phi) is 3.08. The maximum atomic E-state index is 11.1. The second kappa shape index (κ2) is 4.09. The molecule has 0 aromatic rings. The van der Waals surface area contributed by atoms with E-state index in [4.69, 9.17) is 11.5 Å². The van der Waals surface area contributed by atoms with Crippen molar-refractivity contribution in [3.8, 4) is 0 Å². The minimum absolute atomic E-state index is 0.127. The molecule has 68 valence electrons. The summed E-state index contributed by atoms with van der Waals surface area (Å²) in [5.74, 6) is 0.209. The van der Waals surface area contributed by atoms with Crippen molar-refractivity contribution in [1.82, 2.24) is 0 Å². The van der Waals surface area contributed by atoms with Crippen molar-refractivity contribution in [3.05, 3.63) is 0 Å². The molecule has 1 amide bonds. The summed E-state index contributed by atoms with van der Waals surface area (Å²) in [6.45, 7) is 0. The van der Waals surface area contributed by atoms with Crippen molar-refractivity contribution in [1.29, 1.82) is 0 Å². The number of carbonyl (C=O) groups is 1. The highest BCUT2D eigenvalue weighted by molar-refractivity contribution is 5.91. The van der Waals surface area contributed by atoms with E-state index >= 15 is 0 Å². The molecule has 1 fully saturated rings. The van der Waals surface area contributed by atoms with Crippen LogP contribution in [0.5, 0.6) is 0 Å². The van der Waals surface area contributed by atoms with Crippen LogP contribution in [-0.4, -0.2) is 11.9 Å². The van der Waals surface area contributed by atoms with E-state index in [2.05, 4.69) is 4.99 Å². The Hall–Kier alpha value is -1.06. The lowest BCUT2D eigenvalue weighted by Crippen LogP contribution is -2.24. The fraction of sp³-hybridized carbons (Fsp3) is 0.750. The average molecular weight is 169 g/mol. The third-order valence-electron chi connectivity index (χ3n) is 2.19. The minimum atomic E-state index is -0.179. The van der Waals surface area contributed by atoms with Gasteiger partial charge in [0.15, 0.2) is 5.96 Å². The minimum Gasteiger partial charge on any atom is -0.370 e. The van der Waals surface area contributed by atoms with Gasteiger partial charge in [-0.25, -0.2) is 0 Å². The number of nitrogens with zero attached hydrogens (tertiary/aromatic N) is 1. The van der Waals surface area contributed by atoms with E-state index in [1.54, 1.807) is 0 Å². The molecule has 12 heavy (non-hydrogen) atoms. The molecule has 1 aliphatic carbocycles. The van der Waals surface area contributed by atoms with Gasteiger partial charge in [0.2, 0.25) is 5.91 Å². The number of nitrogens with two attached hydrogens (primary N) is 2. The molecular formula is C8H15N3O. The number of carbonyl (C=O) groups excluding carboxylic acids is 1. The fourth-order valence-electron chi connectivity index (χ4n) is 1.65. The molecule has 0 aromatic carbocycles. The smallest absolute Gasteiger partial charge is 0.249 e. The van der Waals surface area contributed by atoms with Gasteiger partial charge >= 0.3 is 0 Å². The third-order valence-corrected chi connectivity index (χ3v) is 2.19. The van der Waals surface area contributed by atoms with E-state index in [9.17, 15) is 4.79 Å². The van der Waals surface area contributed by atoms with Gasteiger partial charge in [-0.05, 0) is 18.8 Å². The van der Waals surface area contributed by atoms with Crippen LogP contribution in [0.15, 0.2) is 4.99 Å². The maximum Gasteiger partial charge on any atom is 0.249 e. The number of hydrogen-bond donors (Lipinski definition) is 2. The van der Waals surface area contributed by atoms with Crippen molar-refractivity contribution in [2.75, 3.05) is 0 Å². The van der Waals surface area contributed by atoms with E-state index < -0.39 is 0 Å². The number of hydrogen-bond acceptors (Lipinski definition) is 1. The van der Waals surface area contributed by atoms with Gasteiger partial charge in [0.1, 0.15) is 0 Å². The second-order valence-electron chi connectivity index (χ2n) is 3.29. The van der Waals surface area contributed by atoms with E-state index in [-0.39, 0.29) is 11.9 Å². The lowest BCUT2D eigenvalue weighted by atomic mass is 10.0. The SMILES string of the molecule is NC(N)=NC(=O)CC1CCCC1. The lowest BCUT2D eigenvalue weighted by Gasteiger charge is -2.03. The zero-order chi connectivity index (χ0) is 8.97. The number of guanidine groups is 1. The first-order valence-corrected chi connectivity index (χ1v) is 4.31. The zero-order valence-electron chi connectivity index (χ0n) is 7.12. The van der Waals surface area contributed by atoms with E-state index in [1.165, 1.54) is 12.8 Å². The van der Waals surface area contributed by atoms with Gasteiger partial charge in [-0.2, -0.15) is 4.99 Å². The summed E-state index contributed by atoms with van der Waals surface area (Å²) < 4.78 is 0. The molecule has 0 radical (unpaired) electrons. The van der Waals surface area contributed by atoms with Crippen molar-refractivity contribution in [2.24, 2.45) is 22.4 Å². The quantitative estimate of drug-likeness (QED) is 0.462. The largest absolute Gasteiger partial charge is 0.370 e. The van der Waals surface area contributed by atoms with Crippen LogP contribution in [0.2, 0.25) is 0 Å². The topological polar surface area (TPSA) is 81.5 Å². The molecule has 0 aliphatic heterocycles. The first-order chi connectivity index (χ1) is 5.68. The predicted molar refractivity (Wildman–Crippen MR) is 47.4 cm³/mol. The maximum absolute atomic E-state index is 11.1. The van der Waals surface area contributed by atoms with Gasteiger partial charge in [0.25, 0.3) is 0 Å². The predicted octanol–water partition coefficient (Wildman–Crippen LogP) is 0.367. The second-order valence-corrected chi connectivity index (χ2v) is 3.29. The standard InChI is InChI=1S/C8H15N3O/c9-8(10)11-7(12)5-6-3-1-2-4-6/h6H,1-5H2,(H4,9,10,11,12). The Balaban J connectivity index is 2.30. The monoisotopic (exact) mass is 169 g/mol. The van der Waals surface area contributed by atoms with E-state index in [0.717, 1.165) is 12.8 Å². The molecular weight excluding hydrogens is 154 g/mol. The molecule has 1 rings (SSSR count). The average Bonchev–Trinajstić information content (AvgIpc) is 2.37. The summed E-state index contributed by atoms with van der Waals surface area (Å²) in [7, 11) is 0. The number of aliphatic imine (C=N–C) groups is 1. The molecule has 4 nitrogen and oxygen atoms in total. The Bertz CT molecular complexity index is 190. The van der Waals surface area contributed by atoms with Gasteiger partial charge in [-0.1, -0.05) is 12.8 Å². The summed E-state index contributed by atoms with van der Waals surface area (Å²) in [4.78, 5) is 14.5. The highest BCUT2D eigenvalue weighted by Crippen LogP contribution is 2.27. The molecule has 1 saturated carbocycles. The molecule has 0 bridgehead atoms. The van der Waals surface area contributed by atoms with Crippen LogP contribution in [-0.2, 0) is 4.79 Å². The Morgan fingerprint density at radius 1 is 1.33 bits per heavy atom. The first-order valence-electron chi connectivity index (χ1n) is 4.31. The van der Waals surface area contributed by atoms with Gasteiger partial charge in [-0.3, -0.25) is 4.79 Å². The molecule has 0 spiro atoms. The fourth-order valence-corrected chi connectivity index (χ4v) is 1.65. The van der Waals surface area contributed by atoms with Crippen molar-refractivity contribution >= 4 is 11.9 Å². The van der Waals surface area contributed by atoms with Crippen LogP contribution in [0.1, 0.15) is 32.1 Å². The molecule has 4 heteroatoms. The third kappa shape index (κ3) is 2.90. The highest BCUT2D eigenvalue weighted by Gasteiger charge is 2.17. The summed E-state index contributed by atoms with van der Waals surface area (Å²) in [6, 6.07) is 0. The number of amides is 1. The van der Waals surface area contributed by atoms with Crippen molar-refractivity contribution in [2.45, 2.75) is 32.1 Å². The lowest BCUT2D eigenvalue weighted by molar-refractivity contribution is -0.118. The summed E-state index contributed by atoms with van der Waals surface area (Å²) in [6.07, 6.45) is 5.27. The molecule has 0 unspecified atom stereocenters. The van der Waals surface area contributed by atoms with Crippen LogP contribution < -0.4 is 11.5 Å². The zero-order valence-corrected chi connectivity index (χ0v) is 7.12. The van der Waals surface area contributed by atoms with Crippen LogP contribution >= 0.6 is 0 Å². The van der Waals surface area contributed by atoms with Crippen LogP contribution in [0.3, 0.4) is 0 Å². The number of rotatable bonds is 2. The summed E-state index contributed by atoms with van der Waals surface area (Å²) in [5, 5.41) is 0. The van der Waals surface area contributed by atoms with Crippen LogP contribution in [0, 0.1) is 5.92 Å². The molecule has 0 saturated heterocycles. The van der Waals surface area contributed by atoms with E-state index in [1.807, 2.05) is 0 Å². The summed E-state index contributed by atoms with van der Waals surface area (Å²) >= 11 is 0. The molecule has 4 N–H and O–H groups in total. The van der Waals surface area contributed by atoms with Crippen molar-refractivity contribution in [3.63, 3.8) is 0 Å². The Labute approximate surface area is 72.0 Å².